The van der Waals surface area contributed by atoms with E-state index < -0.39 is 0 Å². The van der Waals surface area contributed by atoms with Gasteiger partial charge in [0.2, 0.25) is 11.8 Å². The third kappa shape index (κ3) is 4.53. The monoisotopic (exact) mass is 305 g/mol. The summed E-state index contributed by atoms with van der Waals surface area (Å²) in [6.07, 6.45) is 1.03. The summed E-state index contributed by atoms with van der Waals surface area (Å²) in [5.74, 6) is -0.0703. The summed E-state index contributed by atoms with van der Waals surface area (Å²) in [5.41, 5.74) is 1.78. The van der Waals surface area contributed by atoms with Crippen LogP contribution >= 0.6 is 0 Å². The molecule has 0 aliphatic carbocycles. The third-order valence-corrected chi connectivity index (χ3v) is 3.83. The molecule has 120 valence electrons. The van der Waals surface area contributed by atoms with Crippen LogP contribution in [0.3, 0.4) is 0 Å². The maximum absolute atomic E-state index is 12.3. The second-order valence-corrected chi connectivity index (χ2v) is 5.56. The molecule has 0 bridgehead atoms. The van der Waals surface area contributed by atoms with Crippen LogP contribution in [0, 0.1) is 12.8 Å². The second-order valence-electron chi connectivity index (χ2n) is 5.56. The Morgan fingerprint density at radius 3 is 3.05 bits per heavy atom. The molecule has 1 N–H and O–H groups in total. The molecular weight excluding hydrogens is 282 g/mol. The Hall–Kier alpha value is -1.95. The van der Waals surface area contributed by atoms with Gasteiger partial charge in [-0.1, -0.05) is 6.07 Å². The minimum absolute atomic E-state index is 0.0155. The Kier molecular flexibility index (Phi) is 5.89. The number of pyridine rings is 1. The van der Waals surface area contributed by atoms with Gasteiger partial charge < -0.3 is 15.0 Å². The third-order valence-electron chi connectivity index (χ3n) is 3.83. The molecule has 1 fully saturated rings. The summed E-state index contributed by atoms with van der Waals surface area (Å²) in [6, 6.07) is 5.74. The highest BCUT2D eigenvalue weighted by molar-refractivity contribution is 5.83. The van der Waals surface area contributed by atoms with Crippen LogP contribution in [-0.4, -0.2) is 48.5 Å². The molecule has 1 atom stereocenters. The van der Waals surface area contributed by atoms with E-state index in [-0.39, 0.29) is 17.7 Å². The summed E-state index contributed by atoms with van der Waals surface area (Å²) in [7, 11) is 1.60. The van der Waals surface area contributed by atoms with Gasteiger partial charge in [-0.2, -0.15) is 0 Å². The molecule has 0 radical (unpaired) electrons. The number of aryl methyl sites for hydroxylation is 1. The molecule has 0 saturated carbocycles. The Morgan fingerprint density at radius 2 is 2.32 bits per heavy atom. The number of nitrogens with zero attached hydrogens (tertiary/aromatic N) is 2. The number of hydrogen-bond acceptors (Lipinski definition) is 4. The van der Waals surface area contributed by atoms with Crippen molar-refractivity contribution >= 4 is 11.8 Å². The van der Waals surface area contributed by atoms with Crippen molar-refractivity contribution in [2.75, 3.05) is 26.8 Å². The zero-order valence-electron chi connectivity index (χ0n) is 13.2. The molecule has 1 saturated heterocycles. The molecule has 2 heterocycles. The summed E-state index contributed by atoms with van der Waals surface area (Å²) >= 11 is 0. The fraction of sp³-hybridized carbons (Fsp3) is 0.562. The molecule has 22 heavy (non-hydrogen) atoms. The lowest BCUT2D eigenvalue weighted by Gasteiger charge is -2.31. The summed E-state index contributed by atoms with van der Waals surface area (Å²) in [4.78, 5) is 30.2. The number of amides is 2. The van der Waals surface area contributed by atoms with Crippen LogP contribution in [0.15, 0.2) is 18.2 Å². The molecule has 1 aliphatic rings. The highest BCUT2D eigenvalue weighted by atomic mass is 16.5. The molecular formula is C16H23N3O3. The Balaban J connectivity index is 1.85. The number of rotatable bonds is 6. The van der Waals surface area contributed by atoms with Gasteiger partial charge in [0.1, 0.15) is 0 Å². The van der Waals surface area contributed by atoms with Gasteiger partial charge in [-0.15, -0.1) is 0 Å². The quantitative estimate of drug-likeness (QED) is 0.847. The fourth-order valence-electron chi connectivity index (χ4n) is 2.57. The molecule has 0 spiro atoms. The number of hydrogen-bond donors (Lipinski definition) is 1. The van der Waals surface area contributed by atoms with Crippen molar-refractivity contribution in [3.8, 4) is 0 Å². The minimum Gasteiger partial charge on any atom is -0.383 e. The predicted octanol–water partition coefficient (Wildman–Crippen LogP) is 0.891. The van der Waals surface area contributed by atoms with E-state index in [9.17, 15) is 9.59 Å². The Labute approximate surface area is 130 Å². The second kappa shape index (κ2) is 7.89. The van der Waals surface area contributed by atoms with Gasteiger partial charge in [0.15, 0.2) is 0 Å². The summed E-state index contributed by atoms with van der Waals surface area (Å²) in [6.45, 7) is 3.84. The van der Waals surface area contributed by atoms with Gasteiger partial charge in [0.25, 0.3) is 0 Å². The molecule has 1 aromatic heterocycles. The van der Waals surface area contributed by atoms with Crippen LogP contribution in [-0.2, 0) is 20.9 Å². The van der Waals surface area contributed by atoms with E-state index in [1.165, 1.54) is 0 Å². The van der Waals surface area contributed by atoms with Gasteiger partial charge in [0, 0.05) is 32.3 Å². The van der Waals surface area contributed by atoms with Crippen LogP contribution in [0.2, 0.25) is 0 Å². The summed E-state index contributed by atoms with van der Waals surface area (Å²) < 4.78 is 5.00. The molecule has 2 rings (SSSR count). The van der Waals surface area contributed by atoms with E-state index >= 15 is 0 Å². The number of carbonyl (C=O) groups excluding carboxylic acids is 2. The van der Waals surface area contributed by atoms with Crippen molar-refractivity contribution in [1.82, 2.24) is 15.2 Å². The number of ether oxygens (including phenoxy) is 1. The zero-order chi connectivity index (χ0) is 15.9. The van der Waals surface area contributed by atoms with Crippen LogP contribution < -0.4 is 5.32 Å². The lowest BCUT2D eigenvalue weighted by atomic mass is 9.96. The molecule has 6 heteroatoms. The SMILES string of the molecule is COCCN1C[C@@H](C(=O)NCc2cccc(C)n2)CCC1=O. The van der Waals surface area contributed by atoms with E-state index in [0.29, 0.717) is 39.1 Å². The molecule has 0 aromatic carbocycles. The van der Waals surface area contributed by atoms with Crippen molar-refractivity contribution in [2.45, 2.75) is 26.3 Å². The van der Waals surface area contributed by atoms with Crippen molar-refractivity contribution in [3.05, 3.63) is 29.6 Å². The van der Waals surface area contributed by atoms with Gasteiger partial charge in [0.05, 0.1) is 24.8 Å². The smallest absolute Gasteiger partial charge is 0.225 e. The summed E-state index contributed by atoms with van der Waals surface area (Å²) in [5, 5.41) is 2.92. The normalized spacial score (nSPS) is 18.4. The fourth-order valence-corrected chi connectivity index (χ4v) is 2.57. The lowest BCUT2D eigenvalue weighted by Crippen LogP contribution is -2.46. The standard InChI is InChI=1S/C16H23N3O3/c1-12-4-3-5-14(18-12)10-17-16(21)13-6-7-15(20)19(11-13)8-9-22-2/h3-5,13H,6-11H2,1-2H3,(H,17,21)/t13-/m0/s1. The first-order chi connectivity index (χ1) is 10.6. The first kappa shape index (κ1) is 16.4. The average molecular weight is 305 g/mol. The topological polar surface area (TPSA) is 71.5 Å². The van der Waals surface area contributed by atoms with E-state index in [0.717, 1.165) is 11.4 Å². The first-order valence-electron chi connectivity index (χ1n) is 7.57. The maximum atomic E-state index is 12.3. The van der Waals surface area contributed by atoms with Gasteiger partial charge in [-0.05, 0) is 25.5 Å². The molecule has 2 amide bonds. The number of carbonyl (C=O) groups is 2. The highest BCUT2D eigenvalue weighted by Gasteiger charge is 2.29. The number of aromatic nitrogens is 1. The first-order valence-corrected chi connectivity index (χ1v) is 7.57. The minimum atomic E-state index is -0.153. The number of piperidine rings is 1. The van der Waals surface area contributed by atoms with Crippen molar-refractivity contribution in [1.29, 1.82) is 0 Å². The van der Waals surface area contributed by atoms with Crippen molar-refractivity contribution < 1.29 is 14.3 Å². The van der Waals surface area contributed by atoms with E-state index in [1.54, 1.807) is 12.0 Å². The zero-order valence-corrected chi connectivity index (χ0v) is 13.2. The Morgan fingerprint density at radius 1 is 1.50 bits per heavy atom. The van der Waals surface area contributed by atoms with E-state index in [2.05, 4.69) is 10.3 Å². The van der Waals surface area contributed by atoms with Crippen LogP contribution in [0.4, 0.5) is 0 Å². The van der Waals surface area contributed by atoms with Crippen LogP contribution in [0.1, 0.15) is 24.2 Å². The van der Waals surface area contributed by atoms with Crippen molar-refractivity contribution in [2.24, 2.45) is 5.92 Å². The maximum Gasteiger partial charge on any atom is 0.225 e. The Bertz CT molecular complexity index is 533. The highest BCUT2D eigenvalue weighted by Crippen LogP contribution is 2.17. The lowest BCUT2D eigenvalue weighted by molar-refractivity contribution is -0.138. The molecule has 1 aromatic rings. The molecule has 0 unspecified atom stereocenters. The van der Waals surface area contributed by atoms with E-state index in [1.807, 2.05) is 25.1 Å². The largest absolute Gasteiger partial charge is 0.383 e. The van der Waals surface area contributed by atoms with E-state index in [4.69, 9.17) is 4.74 Å². The average Bonchev–Trinajstić information content (AvgIpc) is 2.52. The van der Waals surface area contributed by atoms with Gasteiger partial charge in [-0.25, -0.2) is 0 Å². The molecule has 1 aliphatic heterocycles. The van der Waals surface area contributed by atoms with Crippen LogP contribution in [0.25, 0.3) is 0 Å². The number of nitrogens with one attached hydrogen (secondary N) is 1. The van der Waals surface area contributed by atoms with Gasteiger partial charge in [-0.3, -0.25) is 14.6 Å². The number of likely N-dealkylation sites (tertiary alicyclic amines) is 1. The van der Waals surface area contributed by atoms with Crippen molar-refractivity contribution in [3.63, 3.8) is 0 Å². The van der Waals surface area contributed by atoms with Gasteiger partial charge >= 0.3 is 0 Å². The predicted molar refractivity (Wildman–Crippen MR) is 82.0 cm³/mol. The number of methoxy groups -OCH3 is 1. The van der Waals surface area contributed by atoms with Crippen LogP contribution in [0.5, 0.6) is 0 Å². The molecule has 6 nitrogen and oxygen atoms in total.